The third-order valence-corrected chi connectivity index (χ3v) is 5.04. The zero-order valence-corrected chi connectivity index (χ0v) is 17.4. The zero-order chi connectivity index (χ0) is 21.0. The van der Waals surface area contributed by atoms with Crippen LogP contribution in [-0.2, 0) is 17.6 Å². The van der Waals surface area contributed by atoms with Gasteiger partial charge in [-0.15, -0.1) is 0 Å². The van der Waals surface area contributed by atoms with Crippen LogP contribution in [-0.4, -0.2) is 22.7 Å². The van der Waals surface area contributed by atoms with E-state index in [1.54, 1.807) is 32.2 Å². The normalized spacial score (nSPS) is 11.9. The van der Waals surface area contributed by atoms with Gasteiger partial charge in [0.25, 0.3) is 5.56 Å². The summed E-state index contributed by atoms with van der Waals surface area (Å²) in [4.78, 5) is 25.8. The number of carbonyl (C=O) groups is 1. The first-order chi connectivity index (χ1) is 13.9. The molecule has 0 N–H and O–H groups in total. The van der Waals surface area contributed by atoms with Crippen LogP contribution in [0.5, 0.6) is 5.75 Å². The molecule has 0 spiro atoms. The number of nitrogens with zero attached hydrogens (tertiary/aromatic N) is 2. The van der Waals surface area contributed by atoms with E-state index in [0.29, 0.717) is 22.7 Å². The monoisotopic (exact) mass is 410 g/mol. The number of benzene rings is 2. The smallest absolute Gasteiger partial charge is 0.270 e. The molecule has 0 fully saturated rings. The third kappa shape index (κ3) is 5.12. The number of rotatable bonds is 7. The summed E-state index contributed by atoms with van der Waals surface area (Å²) in [6.07, 6.45) is 0.656. The largest absolute Gasteiger partial charge is 0.497 e. The quantitative estimate of drug-likeness (QED) is 0.586. The molecule has 3 rings (SSSR count). The van der Waals surface area contributed by atoms with Gasteiger partial charge in [-0.2, -0.15) is 5.10 Å². The molecule has 0 aliphatic carbocycles. The standard InChI is InChI=1S/C23H23ClN2O3/c1-15-11-19(12-18-5-4-6-21(13-18)29-3)23(28)26(25-15)16(2)22(27)14-17-7-9-20(24)10-8-17/h4-11,13,16H,12,14H2,1-3H3. The molecule has 0 saturated heterocycles. The number of aromatic nitrogens is 2. The Bertz CT molecular complexity index is 1070. The molecular formula is C23H23ClN2O3. The van der Waals surface area contributed by atoms with E-state index in [1.165, 1.54) is 4.68 Å². The molecule has 1 atom stereocenters. The Morgan fingerprint density at radius 3 is 2.55 bits per heavy atom. The molecule has 0 amide bonds. The first kappa shape index (κ1) is 20.8. The SMILES string of the molecule is COc1cccc(Cc2cc(C)nn(C(C)C(=O)Cc3ccc(Cl)cc3)c2=O)c1. The summed E-state index contributed by atoms with van der Waals surface area (Å²) in [5.41, 5.74) is 2.84. The van der Waals surface area contributed by atoms with Crippen LogP contribution in [0.3, 0.4) is 0 Å². The summed E-state index contributed by atoms with van der Waals surface area (Å²) >= 11 is 5.90. The molecule has 1 unspecified atom stereocenters. The van der Waals surface area contributed by atoms with E-state index in [0.717, 1.165) is 16.9 Å². The van der Waals surface area contributed by atoms with Crippen molar-refractivity contribution in [1.29, 1.82) is 0 Å². The first-order valence-corrected chi connectivity index (χ1v) is 9.74. The number of ketones is 1. The Labute approximate surface area is 174 Å². The van der Waals surface area contributed by atoms with Gasteiger partial charge in [-0.3, -0.25) is 9.59 Å². The van der Waals surface area contributed by atoms with E-state index >= 15 is 0 Å². The maximum atomic E-state index is 13.0. The highest BCUT2D eigenvalue weighted by molar-refractivity contribution is 6.30. The minimum atomic E-state index is -0.665. The van der Waals surface area contributed by atoms with Crippen LogP contribution in [0.15, 0.2) is 59.4 Å². The number of carbonyl (C=O) groups excluding carboxylic acids is 1. The first-order valence-electron chi connectivity index (χ1n) is 9.37. The van der Waals surface area contributed by atoms with Crippen LogP contribution in [0.25, 0.3) is 0 Å². The van der Waals surface area contributed by atoms with E-state index in [1.807, 2.05) is 43.3 Å². The van der Waals surface area contributed by atoms with Crippen LogP contribution in [0.2, 0.25) is 5.02 Å². The molecular weight excluding hydrogens is 388 g/mol. The molecule has 0 bridgehead atoms. The van der Waals surface area contributed by atoms with Crippen molar-refractivity contribution in [1.82, 2.24) is 9.78 Å². The lowest BCUT2D eigenvalue weighted by atomic mass is 10.0. The predicted octanol–water partition coefficient (Wildman–Crippen LogP) is 4.18. The van der Waals surface area contributed by atoms with E-state index < -0.39 is 6.04 Å². The van der Waals surface area contributed by atoms with Crippen LogP contribution in [0, 0.1) is 6.92 Å². The predicted molar refractivity (Wildman–Crippen MR) is 114 cm³/mol. The van der Waals surface area contributed by atoms with Gasteiger partial charge in [0.2, 0.25) is 0 Å². The van der Waals surface area contributed by atoms with Crippen molar-refractivity contribution in [2.75, 3.05) is 7.11 Å². The summed E-state index contributed by atoms with van der Waals surface area (Å²) in [5.74, 6) is 0.653. The maximum Gasteiger partial charge on any atom is 0.270 e. The Kier molecular flexibility index (Phi) is 6.49. The molecule has 2 aromatic carbocycles. The molecule has 6 heteroatoms. The molecule has 1 heterocycles. The number of Topliss-reactive ketones (excluding diaryl/α,β-unsaturated/α-hetero) is 1. The highest BCUT2D eigenvalue weighted by atomic mass is 35.5. The van der Waals surface area contributed by atoms with Crippen molar-refractivity contribution in [3.05, 3.63) is 92.4 Å². The van der Waals surface area contributed by atoms with E-state index in [4.69, 9.17) is 16.3 Å². The van der Waals surface area contributed by atoms with Gasteiger partial charge in [0.15, 0.2) is 5.78 Å². The molecule has 5 nitrogen and oxygen atoms in total. The minimum absolute atomic E-state index is 0.0835. The van der Waals surface area contributed by atoms with Gasteiger partial charge in [-0.25, -0.2) is 4.68 Å². The number of hydrogen-bond donors (Lipinski definition) is 0. The maximum absolute atomic E-state index is 13.0. The van der Waals surface area contributed by atoms with Crippen molar-refractivity contribution < 1.29 is 9.53 Å². The van der Waals surface area contributed by atoms with E-state index in [9.17, 15) is 9.59 Å². The summed E-state index contributed by atoms with van der Waals surface area (Å²) in [6.45, 7) is 3.53. The highest BCUT2D eigenvalue weighted by Crippen LogP contribution is 2.16. The van der Waals surface area contributed by atoms with Crippen molar-refractivity contribution >= 4 is 17.4 Å². The second-order valence-corrected chi connectivity index (χ2v) is 7.47. The molecule has 0 saturated carbocycles. The van der Waals surface area contributed by atoms with Crippen LogP contribution in [0.1, 0.15) is 35.3 Å². The van der Waals surface area contributed by atoms with Gasteiger partial charge < -0.3 is 4.74 Å². The lowest BCUT2D eigenvalue weighted by Gasteiger charge is -2.15. The molecule has 0 radical (unpaired) electrons. The Morgan fingerprint density at radius 2 is 1.86 bits per heavy atom. The van der Waals surface area contributed by atoms with Crippen molar-refractivity contribution in [3.63, 3.8) is 0 Å². The van der Waals surface area contributed by atoms with Crippen LogP contribution >= 0.6 is 11.6 Å². The third-order valence-electron chi connectivity index (χ3n) is 4.78. The average Bonchev–Trinajstić information content (AvgIpc) is 2.71. The number of halogens is 1. The fourth-order valence-electron chi connectivity index (χ4n) is 3.18. The van der Waals surface area contributed by atoms with Crippen LogP contribution < -0.4 is 10.3 Å². The lowest BCUT2D eigenvalue weighted by molar-refractivity contribution is -0.121. The van der Waals surface area contributed by atoms with Crippen molar-refractivity contribution in [3.8, 4) is 5.75 Å². The number of aryl methyl sites for hydroxylation is 1. The van der Waals surface area contributed by atoms with Gasteiger partial charge in [-0.05, 0) is 55.3 Å². The van der Waals surface area contributed by atoms with Gasteiger partial charge >= 0.3 is 0 Å². The van der Waals surface area contributed by atoms with E-state index in [-0.39, 0.29) is 17.8 Å². The van der Waals surface area contributed by atoms with Gasteiger partial charge in [-0.1, -0.05) is 35.9 Å². The summed E-state index contributed by atoms with van der Waals surface area (Å²) < 4.78 is 6.55. The topological polar surface area (TPSA) is 61.2 Å². The van der Waals surface area contributed by atoms with Crippen LogP contribution in [0.4, 0.5) is 0 Å². The highest BCUT2D eigenvalue weighted by Gasteiger charge is 2.20. The molecule has 29 heavy (non-hydrogen) atoms. The molecule has 0 aliphatic heterocycles. The number of methoxy groups -OCH3 is 1. The molecule has 3 aromatic rings. The molecule has 150 valence electrons. The molecule has 1 aromatic heterocycles. The van der Waals surface area contributed by atoms with E-state index in [2.05, 4.69) is 5.10 Å². The summed E-state index contributed by atoms with van der Waals surface area (Å²) in [6, 6.07) is 15.8. The summed E-state index contributed by atoms with van der Waals surface area (Å²) in [5, 5.41) is 4.94. The van der Waals surface area contributed by atoms with Gasteiger partial charge in [0, 0.05) is 23.4 Å². The molecule has 0 aliphatic rings. The Morgan fingerprint density at radius 1 is 1.14 bits per heavy atom. The van der Waals surface area contributed by atoms with Gasteiger partial charge in [0.05, 0.1) is 12.8 Å². The zero-order valence-electron chi connectivity index (χ0n) is 16.7. The Balaban J connectivity index is 1.86. The fraction of sp³-hybridized carbons (Fsp3) is 0.261. The number of ether oxygens (including phenoxy) is 1. The number of hydrogen-bond acceptors (Lipinski definition) is 4. The van der Waals surface area contributed by atoms with Crippen molar-refractivity contribution in [2.45, 2.75) is 32.7 Å². The van der Waals surface area contributed by atoms with Gasteiger partial charge in [0.1, 0.15) is 11.8 Å². The Hall–Kier alpha value is -2.92. The lowest BCUT2D eigenvalue weighted by Crippen LogP contribution is -2.33. The summed E-state index contributed by atoms with van der Waals surface area (Å²) in [7, 11) is 1.61. The van der Waals surface area contributed by atoms with Crippen molar-refractivity contribution in [2.24, 2.45) is 0 Å². The second-order valence-electron chi connectivity index (χ2n) is 7.03. The minimum Gasteiger partial charge on any atom is -0.497 e. The fourth-order valence-corrected chi connectivity index (χ4v) is 3.31. The average molecular weight is 411 g/mol. The second kappa shape index (κ2) is 9.05.